The zero-order valence-electron chi connectivity index (χ0n) is 10.1. The lowest BCUT2D eigenvalue weighted by Gasteiger charge is -2.07. The van der Waals surface area contributed by atoms with Gasteiger partial charge in [-0.05, 0) is 18.2 Å². The number of hydrogen-bond donors (Lipinski definition) is 2. The summed E-state index contributed by atoms with van der Waals surface area (Å²) in [6.45, 7) is 0. The third kappa shape index (κ3) is 3.34. The lowest BCUT2D eigenvalue weighted by atomic mass is 10.0. The Kier molecular flexibility index (Phi) is 3.73. The number of phenols is 1. The van der Waals surface area contributed by atoms with Crippen molar-refractivity contribution in [2.75, 3.05) is 0 Å². The van der Waals surface area contributed by atoms with Gasteiger partial charge in [-0.1, -0.05) is 30.3 Å². The number of phenolic OH excluding ortho intramolecular Hbond substituents is 1. The van der Waals surface area contributed by atoms with Crippen LogP contribution in [0.25, 0.3) is 0 Å². The van der Waals surface area contributed by atoms with Crippen LogP contribution in [0.2, 0.25) is 0 Å². The van der Waals surface area contributed by atoms with Crippen molar-refractivity contribution in [3.05, 3.63) is 59.7 Å². The zero-order valence-corrected chi connectivity index (χ0v) is 10.9. The molecule has 0 aromatic heterocycles. The number of hydrogen-bond acceptors (Lipinski definition) is 5. The van der Waals surface area contributed by atoms with Crippen molar-refractivity contribution in [1.29, 1.82) is 0 Å². The smallest absolute Gasteiger partial charge is 0.446 e. The number of carbonyl (C=O) groups is 1. The van der Waals surface area contributed by atoms with Crippen molar-refractivity contribution in [2.24, 2.45) is 0 Å². The van der Waals surface area contributed by atoms with Crippen molar-refractivity contribution in [2.45, 2.75) is 0 Å². The largest absolute Gasteiger partial charge is 0.507 e. The predicted molar refractivity (Wildman–Crippen MR) is 70.2 cm³/mol. The van der Waals surface area contributed by atoms with Gasteiger partial charge in [-0.3, -0.25) is 9.35 Å². The van der Waals surface area contributed by atoms with Gasteiger partial charge in [0, 0.05) is 5.56 Å². The number of aromatic hydroxyl groups is 1. The minimum absolute atomic E-state index is 0.127. The molecule has 6 nitrogen and oxygen atoms in total. The Morgan fingerprint density at radius 1 is 1.05 bits per heavy atom. The summed E-state index contributed by atoms with van der Waals surface area (Å²) in [6, 6.07) is 11.4. The fourth-order valence-corrected chi connectivity index (χ4v) is 1.96. The lowest BCUT2D eigenvalue weighted by Crippen LogP contribution is -2.08. The fourth-order valence-electron chi connectivity index (χ4n) is 1.62. The Bertz CT molecular complexity index is 737. The summed E-state index contributed by atoms with van der Waals surface area (Å²) < 4.78 is 34.1. The van der Waals surface area contributed by atoms with Crippen LogP contribution in [0, 0.1) is 0 Å². The van der Waals surface area contributed by atoms with Crippen LogP contribution in [0.15, 0.2) is 48.5 Å². The summed E-state index contributed by atoms with van der Waals surface area (Å²) in [5.41, 5.74) is 0.198. The summed E-state index contributed by atoms with van der Waals surface area (Å²) in [5, 5.41) is 9.68. The SMILES string of the molecule is O=C(c1ccccc1)c1cc(OS(=O)(=O)O)ccc1O. The second-order valence-electron chi connectivity index (χ2n) is 3.89. The molecule has 0 bridgehead atoms. The molecular formula is C13H10O6S. The maximum Gasteiger partial charge on any atom is 0.446 e. The molecule has 0 radical (unpaired) electrons. The molecule has 2 N–H and O–H groups in total. The zero-order chi connectivity index (χ0) is 14.8. The molecule has 20 heavy (non-hydrogen) atoms. The molecule has 0 heterocycles. The van der Waals surface area contributed by atoms with E-state index in [9.17, 15) is 18.3 Å². The molecule has 0 fully saturated rings. The number of rotatable bonds is 4. The van der Waals surface area contributed by atoms with E-state index in [-0.39, 0.29) is 17.1 Å². The fraction of sp³-hybridized carbons (Fsp3) is 0. The first kappa shape index (κ1) is 14.0. The minimum atomic E-state index is -4.69. The third-order valence-electron chi connectivity index (χ3n) is 2.45. The highest BCUT2D eigenvalue weighted by Gasteiger charge is 2.16. The molecule has 0 saturated heterocycles. The van der Waals surface area contributed by atoms with E-state index in [1.54, 1.807) is 30.3 Å². The Balaban J connectivity index is 2.41. The third-order valence-corrected chi connectivity index (χ3v) is 2.85. The summed E-state index contributed by atoms with van der Waals surface area (Å²) in [5.74, 6) is -1.09. The highest BCUT2D eigenvalue weighted by Crippen LogP contribution is 2.26. The average molecular weight is 294 g/mol. The van der Waals surface area contributed by atoms with Crippen LogP contribution in [0.3, 0.4) is 0 Å². The molecule has 104 valence electrons. The van der Waals surface area contributed by atoms with Gasteiger partial charge in [0.25, 0.3) is 0 Å². The van der Waals surface area contributed by atoms with E-state index in [1.165, 1.54) is 0 Å². The van der Waals surface area contributed by atoms with E-state index in [0.29, 0.717) is 5.56 Å². The van der Waals surface area contributed by atoms with Crippen molar-refractivity contribution < 1.29 is 27.1 Å². The first-order valence-corrected chi connectivity index (χ1v) is 6.83. The van der Waals surface area contributed by atoms with E-state index in [0.717, 1.165) is 18.2 Å². The maximum absolute atomic E-state index is 12.2. The second-order valence-corrected chi connectivity index (χ2v) is 4.91. The van der Waals surface area contributed by atoms with E-state index < -0.39 is 16.2 Å². The molecule has 0 aliphatic rings. The van der Waals surface area contributed by atoms with Gasteiger partial charge in [0.05, 0.1) is 5.56 Å². The summed E-state index contributed by atoms with van der Waals surface area (Å²) >= 11 is 0. The second kappa shape index (κ2) is 5.32. The van der Waals surface area contributed by atoms with Crippen LogP contribution in [0.5, 0.6) is 11.5 Å². The molecule has 0 spiro atoms. The Morgan fingerprint density at radius 2 is 1.70 bits per heavy atom. The van der Waals surface area contributed by atoms with Crippen molar-refractivity contribution in [1.82, 2.24) is 0 Å². The van der Waals surface area contributed by atoms with Gasteiger partial charge < -0.3 is 9.29 Å². The Morgan fingerprint density at radius 3 is 2.30 bits per heavy atom. The van der Waals surface area contributed by atoms with Gasteiger partial charge >= 0.3 is 10.4 Å². The molecule has 2 aromatic carbocycles. The van der Waals surface area contributed by atoms with Crippen molar-refractivity contribution in [3.63, 3.8) is 0 Å². The molecule has 2 aromatic rings. The van der Waals surface area contributed by atoms with Gasteiger partial charge in [-0.25, -0.2) is 0 Å². The van der Waals surface area contributed by atoms with Gasteiger partial charge in [0.15, 0.2) is 5.78 Å². The molecular weight excluding hydrogens is 284 g/mol. The number of ketones is 1. The average Bonchev–Trinajstić information content (AvgIpc) is 2.40. The van der Waals surface area contributed by atoms with E-state index in [4.69, 9.17) is 4.55 Å². The topological polar surface area (TPSA) is 101 Å². The van der Waals surface area contributed by atoms with Crippen LogP contribution >= 0.6 is 0 Å². The van der Waals surface area contributed by atoms with Crippen LogP contribution in [0.1, 0.15) is 15.9 Å². The highest BCUT2D eigenvalue weighted by atomic mass is 32.3. The maximum atomic E-state index is 12.2. The minimum Gasteiger partial charge on any atom is -0.507 e. The van der Waals surface area contributed by atoms with Gasteiger partial charge in [0.1, 0.15) is 11.5 Å². The van der Waals surface area contributed by atoms with E-state index >= 15 is 0 Å². The quantitative estimate of drug-likeness (QED) is 0.658. The van der Waals surface area contributed by atoms with Crippen LogP contribution in [-0.4, -0.2) is 23.9 Å². The van der Waals surface area contributed by atoms with Crippen LogP contribution in [-0.2, 0) is 10.4 Å². The van der Waals surface area contributed by atoms with Crippen molar-refractivity contribution in [3.8, 4) is 11.5 Å². The molecule has 0 unspecified atom stereocenters. The summed E-state index contributed by atoms with van der Waals surface area (Å²) in [4.78, 5) is 12.2. The van der Waals surface area contributed by atoms with E-state index in [1.807, 2.05) is 0 Å². The molecule has 0 atom stereocenters. The first-order chi connectivity index (χ1) is 9.37. The summed E-state index contributed by atoms with van der Waals surface area (Å²) in [6.07, 6.45) is 0. The predicted octanol–water partition coefficient (Wildman–Crippen LogP) is 1.80. The van der Waals surface area contributed by atoms with Crippen LogP contribution < -0.4 is 4.18 Å². The normalized spacial score (nSPS) is 11.1. The van der Waals surface area contributed by atoms with Crippen LogP contribution in [0.4, 0.5) is 0 Å². The Hall–Kier alpha value is -2.38. The van der Waals surface area contributed by atoms with Gasteiger partial charge in [-0.2, -0.15) is 8.42 Å². The molecule has 7 heteroatoms. The molecule has 0 amide bonds. The Labute approximate surface area is 115 Å². The van der Waals surface area contributed by atoms with Gasteiger partial charge in [-0.15, -0.1) is 0 Å². The van der Waals surface area contributed by atoms with Gasteiger partial charge in [0.2, 0.25) is 0 Å². The number of benzene rings is 2. The first-order valence-electron chi connectivity index (χ1n) is 5.46. The lowest BCUT2D eigenvalue weighted by molar-refractivity contribution is 0.103. The number of carbonyl (C=O) groups excluding carboxylic acids is 1. The molecule has 2 rings (SSSR count). The monoisotopic (exact) mass is 294 g/mol. The standard InChI is InChI=1S/C13H10O6S/c14-12-7-6-10(19-20(16,17)18)8-11(12)13(15)9-4-2-1-3-5-9/h1-8,14H,(H,16,17,18). The molecule has 0 saturated carbocycles. The highest BCUT2D eigenvalue weighted by molar-refractivity contribution is 7.81. The van der Waals surface area contributed by atoms with E-state index in [2.05, 4.69) is 4.18 Å². The molecule has 0 aliphatic carbocycles. The van der Waals surface area contributed by atoms with Crippen molar-refractivity contribution >= 4 is 16.2 Å². The molecule has 0 aliphatic heterocycles. The summed E-state index contributed by atoms with van der Waals surface area (Å²) in [7, 11) is -4.69.